The number of aromatic nitrogens is 3. The van der Waals surface area contributed by atoms with Gasteiger partial charge in [-0.2, -0.15) is 0 Å². The molecule has 0 amide bonds. The lowest BCUT2D eigenvalue weighted by Gasteiger charge is -2.17. The van der Waals surface area contributed by atoms with Gasteiger partial charge in [-0.3, -0.25) is 9.59 Å². The molecule has 0 saturated carbocycles. The standard InChI is InChI=1S/C23H28N4O4/c1-30-21(28)13-22(29)31-20(11-8-17-14-24-16-25-15-17)7-3-2-6-19-10-9-18-5-4-12-26-23(18)27-19/h8-11,14-16,20H,2-7,12-13H2,1H3,(H,26,27)/b11-8+/t20-/m1/s1. The molecule has 1 aliphatic rings. The Labute approximate surface area is 182 Å². The van der Waals surface area contributed by atoms with Crippen molar-refractivity contribution in [3.05, 3.63) is 53.8 Å². The summed E-state index contributed by atoms with van der Waals surface area (Å²) in [6.07, 6.45) is 13.0. The Hall–Kier alpha value is -3.29. The van der Waals surface area contributed by atoms with Crippen molar-refractivity contribution in [2.75, 3.05) is 19.0 Å². The minimum atomic E-state index is -0.615. The highest BCUT2D eigenvalue weighted by Crippen LogP contribution is 2.20. The Morgan fingerprint density at radius 3 is 2.84 bits per heavy atom. The number of esters is 2. The van der Waals surface area contributed by atoms with E-state index >= 15 is 0 Å². The van der Waals surface area contributed by atoms with Gasteiger partial charge in [0.2, 0.25) is 0 Å². The minimum absolute atomic E-state index is 0.401. The zero-order valence-electron chi connectivity index (χ0n) is 17.8. The number of methoxy groups -OCH3 is 1. The highest BCUT2D eigenvalue weighted by molar-refractivity contribution is 5.91. The number of rotatable bonds is 10. The second-order valence-electron chi connectivity index (χ2n) is 7.40. The molecule has 0 unspecified atom stereocenters. The van der Waals surface area contributed by atoms with Crippen LogP contribution in [0.2, 0.25) is 0 Å². The molecular weight excluding hydrogens is 396 g/mol. The average molecular weight is 425 g/mol. The van der Waals surface area contributed by atoms with E-state index in [0.29, 0.717) is 6.42 Å². The molecule has 0 radical (unpaired) electrons. The first-order valence-electron chi connectivity index (χ1n) is 10.6. The van der Waals surface area contributed by atoms with Gasteiger partial charge in [-0.15, -0.1) is 0 Å². The van der Waals surface area contributed by atoms with E-state index in [-0.39, 0.29) is 0 Å². The lowest BCUT2D eigenvalue weighted by molar-refractivity contribution is -0.155. The van der Waals surface area contributed by atoms with Gasteiger partial charge in [0.05, 0.1) is 7.11 Å². The monoisotopic (exact) mass is 424 g/mol. The fraction of sp³-hybridized carbons (Fsp3) is 0.435. The molecule has 31 heavy (non-hydrogen) atoms. The van der Waals surface area contributed by atoms with E-state index in [1.807, 2.05) is 6.08 Å². The number of nitrogens with one attached hydrogen (secondary N) is 1. The van der Waals surface area contributed by atoms with Crippen LogP contribution in [-0.4, -0.2) is 46.6 Å². The Morgan fingerprint density at radius 2 is 2.03 bits per heavy atom. The average Bonchev–Trinajstić information content (AvgIpc) is 2.80. The van der Waals surface area contributed by atoms with Crippen LogP contribution in [-0.2, 0) is 31.9 Å². The van der Waals surface area contributed by atoms with Gasteiger partial charge in [-0.1, -0.05) is 12.1 Å². The topological polar surface area (TPSA) is 103 Å². The number of nitrogens with zero attached hydrogens (tertiary/aromatic N) is 3. The number of hydrogen-bond donors (Lipinski definition) is 1. The molecule has 164 valence electrons. The van der Waals surface area contributed by atoms with Gasteiger partial charge < -0.3 is 14.8 Å². The van der Waals surface area contributed by atoms with Gasteiger partial charge in [0, 0.05) is 30.2 Å². The maximum Gasteiger partial charge on any atom is 0.317 e. The molecule has 8 heteroatoms. The van der Waals surface area contributed by atoms with Crippen molar-refractivity contribution < 1.29 is 19.1 Å². The summed E-state index contributed by atoms with van der Waals surface area (Å²) >= 11 is 0. The number of carbonyl (C=O) groups is 2. The molecule has 0 spiro atoms. The molecule has 1 aliphatic heterocycles. The summed E-state index contributed by atoms with van der Waals surface area (Å²) in [7, 11) is 1.24. The number of hydrogen-bond acceptors (Lipinski definition) is 8. The Balaban J connectivity index is 1.52. The van der Waals surface area contributed by atoms with Crippen LogP contribution < -0.4 is 5.32 Å². The van der Waals surface area contributed by atoms with E-state index in [9.17, 15) is 9.59 Å². The predicted molar refractivity (Wildman–Crippen MR) is 116 cm³/mol. The third kappa shape index (κ3) is 7.47. The van der Waals surface area contributed by atoms with Crippen LogP contribution in [0.5, 0.6) is 0 Å². The molecule has 3 heterocycles. The summed E-state index contributed by atoms with van der Waals surface area (Å²) in [5.74, 6) is -0.212. The molecule has 3 rings (SSSR count). The fourth-order valence-corrected chi connectivity index (χ4v) is 3.37. The van der Waals surface area contributed by atoms with Crippen molar-refractivity contribution in [1.82, 2.24) is 15.0 Å². The predicted octanol–water partition coefficient (Wildman–Crippen LogP) is 3.13. The van der Waals surface area contributed by atoms with Crippen LogP contribution in [0.3, 0.4) is 0 Å². The highest BCUT2D eigenvalue weighted by Gasteiger charge is 2.16. The Morgan fingerprint density at radius 1 is 1.19 bits per heavy atom. The largest absolute Gasteiger partial charge is 0.469 e. The second kappa shape index (κ2) is 11.8. The van der Waals surface area contributed by atoms with Crippen molar-refractivity contribution in [2.24, 2.45) is 0 Å². The lowest BCUT2D eigenvalue weighted by Crippen LogP contribution is -2.19. The second-order valence-corrected chi connectivity index (χ2v) is 7.40. The minimum Gasteiger partial charge on any atom is -0.469 e. The van der Waals surface area contributed by atoms with Gasteiger partial charge >= 0.3 is 11.9 Å². The molecule has 0 aliphatic carbocycles. The molecule has 1 atom stereocenters. The molecule has 0 aromatic carbocycles. The van der Waals surface area contributed by atoms with Gasteiger partial charge in [0.25, 0.3) is 0 Å². The Bertz CT molecular complexity index is 902. The van der Waals surface area contributed by atoms with Crippen LogP contribution in [0.25, 0.3) is 6.08 Å². The van der Waals surface area contributed by atoms with E-state index < -0.39 is 24.5 Å². The third-order valence-corrected chi connectivity index (χ3v) is 5.01. The maximum absolute atomic E-state index is 12.0. The normalized spacial score (nSPS) is 13.8. The van der Waals surface area contributed by atoms with Crippen molar-refractivity contribution >= 4 is 23.8 Å². The van der Waals surface area contributed by atoms with Crippen molar-refractivity contribution in [3.63, 3.8) is 0 Å². The van der Waals surface area contributed by atoms with Crippen LogP contribution in [0.4, 0.5) is 5.82 Å². The first kappa shape index (κ1) is 22.4. The zero-order chi connectivity index (χ0) is 21.9. The van der Waals surface area contributed by atoms with E-state index in [2.05, 4.69) is 32.2 Å². The van der Waals surface area contributed by atoms with Gasteiger partial charge in [0.1, 0.15) is 24.7 Å². The van der Waals surface area contributed by atoms with Crippen LogP contribution in [0.1, 0.15) is 48.9 Å². The smallest absolute Gasteiger partial charge is 0.317 e. The van der Waals surface area contributed by atoms with Gasteiger partial charge in [-0.05, 0) is 56.2 Å². The number of ether oxygens (including phenoxy) is 2. The molecule has 8 nitrogen and oxygen atoms in total. The summed E-state index contributed by atoms with van der Waals surface area (Å²) in [6.45, 7) is 0.973. The molecule has 0 bridgehead atoms. The fourth-order valence-electron chi connectivity index (χ4n) is 3.37. The number of fused-ring (bicyclic) bond motifs is 1. The summed E-state index contributed by atoms with van der Waals surface area (Å²) in [5, 5.41) is 3.36. The number of aryl methyl sites for hydroxylation is 2. The number of unbranched alkanes of at least 4 members (excludes halogenated alkanes) is 1. The highest BCUT2D eigenvalue weighted by atomic mass is 16.6. The van der Waals surface area contributed by atoms with Crippen LogP contribution in [0, 0.1) is 0 Å². The Kier molecular flexibility index (Phi) is 8.51. The van der Waals surface area contributed by atoms with Crippen LogP contribution >= 0.6 is 0 Å². The molecule has 0 saturated heterocycles. The molecular formula is C23H28N4O4. The third-order valence-electron chi connectivity index (χ3n) is 5.01. The van der Waals surface area contributed by atoms with E-state index in [1.54, 1.807) is 18.5 Å². The first-order valence-corrected chi connectivity index (χ1v) is 10.6. The van der Waals surface area contributed by atoms with Crippen molar-refractivity contribution in [3.8, 4) is 0 Å². The molecule has 2 aromatic rings. The maximum atomic E-state index is 12.0. The summed E-state index contributed by atoms with van der Waals surface area (Å²) < 4.78 is 10.0. The number of carbonyl (C=O) groups excluding carboxylic acids is 2. The zero-order valence-corrected chi connectivity index (χ0v) is 17.8. The molecule has 1 N–H and O–H groups in total. The van der Waals surface area contributed by atoms with E-state index in [0.717, 1.165) is 55.7 Å². The quantitative estimate of drug-likeness (QED) is 0.352. The van der Waals surface area contributed by atoms with Gasteiger partial charge in [-0.25, -0.2) is 15.0 Å². The summed E-state index contributed by atoms with van der Waals surface area (Å²) in [5.41, 5.74) is 3.15. The van der Waals surface area contributed by atoms with Crippen molar-refractivity contribution in [2.45, 2.75) is 51.0 Å². The lowest BCUT2D eigenvalue weighted by atomic mass is 10.0. The van der Waals surface area contributed by atoms with Gasteiger partial charge in [0.15, 0.2) is 0 Å². The molecule has 0 fully saturated rings. The first-order chi connectivity index (χ1) is 15.1. The van der Waals surface area contributed by atoms with E-state index in [1.165, 1.54) is 19.0 Å². The molecule has 2 aromatic heterocycles. The number of pyridine rings is 1. The SMILES string of the molecule is COC(=O)CC(=O)O[C@@H](/C=C/c1cncnc1)CCCCc1ccc2c(n1)NCCC2. The summed E-state index contributed by atoms with van der Waals surface area (Å²) in [4.78, 5) is 36.0. The summed E-state index contributed by atoms with van der Waals surface area (Å²) in [6, 6.07) is 4.25. The number of anilines is 1. The van der Waals surface area contributed by atoms with Crippen molar-refractivity contribution in [1.29, 1.82) is 0 Å². The van der Waals surface area contributed by atoms with Crippen LogP contribution in [0.15, 0.2) is 36.9 Å². The van der Waals surface area contributed by atoms with E-state index in [4.69, 9.17) is 9.72 Å².